The van der Waals surface area contributed by atoms with Crippen LogP contribution >= 0.6 is 15.9 Å². The summed E-state index contributed by atoms with van der Waals surface area (Å²) >= 11 is 3.49. The number of rotatable bonds is 1. The maximum Gasteiger partial charge on any atom is 0.123 e. The maximum absolute atomic E-state index is 5.76. The van der Waals surface area contributed by atoms with E-state index in [9.17, 15) is 0 Å². The zero-order chi connectivity index (χ0) is 10.3. The van der Waals surface area contributed by atoms with E-state index in [-0.39, 0.29) is 6.04 Å². The lowest BCUT2D eigenvalue weighted by molar-refractivity contribution is 0.760. The van der Waals surface area contributed by atoms with Crippen LogP contribution in [0.5, 0.6) is 0 Å². The summed E-state index contributed by atoms with van der Waals surface area (Å²) in [5.41, 5.74) is 8.93. The van der Waals surface area contributed by atoms with Crippen LogP contribution in [0.2, 0.25) is 0 Å². The Balaban J connectivity index is 2.70. The maximum atomic E-state index is 5.76. The van der Waals surface area contributed by atoms with Gasteiger partial charge in [0.05, 0.1) is 11.6 Å². The van der Waals surface area contributed by atoms with Gasteiger partial charge in [0.2, 0.25) is 0 Å². The Kier molecular flexibility index (Phi) is 2.33. The number of H-pyrrole nitrogens is 1. The van der Waals surface area contributed by atoms with Crippen molar-refractivity contribution >= 4 is 27.0 Å². The van der Waals surface area contributed by atoms with E-state index in [0.29, 0.717) is 0 Å². The fourth-order valence-electron chi connectivity index (χ4n) is 1.45. The molecule has 0 bridgehead atoms. The summed E-state index contributed by atoms with van der Waals surface area (Å²) in [7, 11) is 0. The van der Waals surface area contributed by atoms with Crippen LogP contribution in [0, 0.1) is 6.92 Å². The second kappa shape index (κ2) is 3.37. The van der Waals surface area contributed by atoms with Crippen LogP contribution in [-0.2, 0) is 0 Å². The molecule has 0 aliphatic carbocycles. The number of imidazole rings is 1. The van der Waals surface area contributed by atoms with Crippen LogP contribution in [0.25, 0.3) is 11.0 Å². The Hall–Kier alpha value is -0.870. The largest absolute Gasteiger partial charge is 0.341 e. The molecule has 1 aromatic carbocycles. The second-order valence-electron chi connectivity index (χ2n) is 3.55. The summed E-state index contributed by atoms with van der Waals surface area (Å²) in [5, 5.41) is 0. The predicted octanol–water partition coefficient (Wildman–Crippen LogP) is 2.65. The minimum absolute atomic E-state index is 0.0605. The molecule has 0 fully saturated rings. The van der Waals surface area contributed by atoms with Crippen LogP contribution in [0.4, 0.5) is 0 Å². The van der Waals surface area contributed by atoms with Crippen molar-refractivity contribution in [1.82, 2.24) is 9.97 Å². The predicted molar refractivity (Wildman–Crippen MR) is 61.1 cm³/mol. The lowest BCUT2D eigenvalue weighted by Crippen LogP contribution is -2.06. The number of benzene rings is 1. The molecule has 0 aliphatic heterocycles. The highest BCUT2D eigenvalue weighted by atomic mass is 79.9. The zero-order valence-corrected chi connectivity index (χ0v) is 9.72. The molecule has 0 saturated heterocycles. The highest BCUT2D eigenvalue weighted by Crippen LogP contribution is 2.24. The normalized spacial score (nSPS) is 13.4. The Bertz CT molecular complexity index is 473. The third-order valence-electron chi connectivity index (χ3n) is 2.13. The molecule has 4 heteroatoms. The smallest absolute Gasteiger partial charge is 0.123 e. The Morgan fingerprint density at radius 3 is 2.86 bits per heavy atom. The molecule has 74 valence electrons. The van der Waals surface area contributed by atoms with Crippen LogP contribution in [-0.4, -0.2) is 9.97 Å². The van der Waals surface area contributed by atoms with Crippen LogP contribution < -0.4 is 5.73 Å². The third kappa shape index (κ3) is 1.55. The van der Waals surface area contributed by atoms with Gasteiger partial charge in [0.15, 0.2) is 0 Å². The summed E-state index contributed by atoms with van der Waals surface area (Å²) in [5.74, 6) is 0.825. The van der Waals surface area contributed by atoms with Crippen molar-refractivity contribution < 1.29 is 0 Å². The SMILES string of the molecule is Cc1cc(Br)c2nc([C@@H](C)N)[nH]c2c1. The summed E-state index contributed by atoms with van der Waals surface area (Å²) in [6.07, 6.45) is 0. The molecule has 0 saturated carbocycles. The van der Waals surface area contributed by atoms with E-state index in [1.165, 1.54) is 5.56 Å². The Morgan fingerprint density at radius 2 is 2.21 bits per heavy atom. The number of nitrogens with zero attached hydrogens (tertiary/aromatic N) is 1. The van der Waals surface area contributed by atoms with Gasteiger partial charge in [-0.3, -0.25) is 0 Å². The molecule has 0 unspecified atom stereocenters. The summed E-state index contributed by atoms with van der Waals surface area (Å²) < 4.78 is 1.01. The van der Waals surface area contributed by atoms with E-state index in [1.54, 1.807) is 0 Å². The van der Waals surface area contributed by atoms with Gasteiger partial charge in [-0.15, -0.1) is 0 Å². The highest BCUT2D eigenvalue weighted by Gasteiger charge is 2.09. The van der Waals surface area contributed by atoms with Crippen molar-refractivity contribution in [1.29, 1.82) is 0 Å². The molecule has 3 nitrogen and oxygen atoms in total. The standard InChI is InChI=1S/C10H12BrN3/c1-5-3-7(11)9-8(4-5)13-10(14-9)6(2)12/h3-4,6H,12H2,1-2H3,(H,13,14)/t6-/m1/s1. The van der Waals surface area contributed by atoms with Gasteiger partial charge in [-0.25, -0.2) is 4.98 Å². The van der Waals surface area contributed by atoms with Crippen LogP contribution in [0.3, 0.4) is 0 Å². The molecule has 2 rings (SSSR count). The minimum Gasteiger partial charge on any atom is -0.341 e. The molecule has 1 atom stereocenters. The van der Waals surface area contributed by atoms with Gasteiger partial charge < -0.3 is 10.7 Å². The summed E-state index contributed by atoms with van der Waals surface area (Å²) in [6.45, 7) is 3.97. The van der Waals surface area contributed by atoms with Crippen molar-refractivity contribution in [3.05, 3.63) is 28.0 Å². The van der Waals surface area contributed by atoms with Gasteiger partial charge in [0, 0.05) is 4.47 Å². The average molecular weight is 254 g/mol. The lowest BCUT2D eigenvalue weighted by Gasteiger charge is -1.96. The van der Waals surface area contributed by atoms with Crippen molar-refractivity contribution in [2.45, 2.75) is 19.9 Å². The molecule has 2 aromatic rings. The molecule has 0 aliphatic rings. The van der Waals surface area contributed by atoms with E-state index < -0.39 is 0 Å². The molecule has 1 heterocycles. The van der Waals surface area contributed by atoms with E-state index in [4.69, 9.17) is 5.73 Å². The number of aromatic nitrogens is 2. The van der Waals surface area contributed by atoms with Crippen LogP contribution in [0.1, 0.15) is 24.4 Å². The van der Waals surface area contributed by atoms with Gasteiger partial charge in [0.25, 0.3) is 0 Å². The van der Waals surface area contributed by atoms with Gasteiger partial charge in [-0.1, -0.05) is 0 Å². The number of fused-ring (bicyclic) bond motifs is 1. The Labute approximate surface area is 90.8 Å². The number of hydrogen-bond acceptors (Lipinski definition) is 2. The first kappa shape index (κ1) is 9.68. The van der Waals surface area contributed by atoms with Crippen molar-refractivity contribution in [2.24, 2.45) is 5.73 Å². The molecule has 14 heavy (non-hydrogen) atoms. The minimum atomic E-state index is -0.0605. The first-order valence-electron chi connectivity index (χ1n) is 4.49. The average Bonchev–Trinajstić information content (AvgIpc) is 2.47. The van der Waals surface area contributed by atoms with Gasteiger partial charge >= 0.3 is 0 Å². The summed E-state index contributed by atoms with van der Waals surface area (Å²) in [6, 6.07) is 4.06. The highest BCUT2D eigenvalue weighted by molar-refractivity contribution is 9.10. The van der Waals surface area contributed by atoms with Crippen molar-refractivity contribution in [3.63, 3.8) is 0 Å². The van der Waals surface area contributed by atoms with E-state index in [2.05, 4.69) is 38.9 Å². The third-order valence-corrected chi connectivity index (χ3v) is 2.74. The molecule has 0 spiro atoms. The zero-order valence-electron chi connectivity index (χ0n) is 8.13. The van der Waals surface area contributed by atoms with Gasteiger partial charge in [-0.05, 0) is 47.5 Å². The van der Waals surface area contributed by atoms with Gasteiger partial charge in [0.1, 0.15) is 11.3 Å². The van der Waals surface area contributed by atoms with E-state index in [0.717, 1.165) is 21.3 Å². The number of nitrogens with one attached hydrogen (secondary N) is 1. The molecule has 1 aromatic heterocycles. The monoisotopic (exact) mass is 253 g/mol. The second-order valence-corrected chi connectivity index (χ2v) is 4.41. The number of halogens is 1. The fraction of sp³-hybridized carbons (Fsp3) is 0.300. The summed E-state index contributed by atoms with van der Waals surface area (Å²) in [4.78, 5) is 7.64. The topological polar surface area (TPSA) is 54.7 Å². The van der Waals surface area contributed by atoms with E-state index >= 15 is 0 Å². The molecule has 3 N–H and O–H groups in total. The Morgan fingerprint density at radius 1 is 1.50 bits per heavy atom. The number of aryl methyl sites for hydroxylation is 1. The quantitative estimate of drug-likeness (QED) is 0.821. The molecular formula is C10H12BrN3. The van der Waals surface area contributed by atoms with Gasteiger partial charge in [-0.2, -0.15) is 0 Å². The van der Waals surface area contributed by atoms with Crippen molar-refractivity contribution in [3.8, 4) is 0 Å². The first-order valence-corrected chi connectivity index (χ1v) is 5.28. The van der Waals surface area contributed by atoms with Crippen molar-refractivity contribution in [2.75, 3.05) is 0 Å². The number of aromatic amines is 1. The molecule has 0 amide bonds. The molecule has 0 radical (unpaired) electrons. The number of nitrogens with two attached hydrogens (primary N) is 1. The van der Waals surface area contributed by atoms with E-state index in [1.807, 2.05) is 13.0 Å². The molecular weight excluding hydrogens is 242 g/mol. The number of hydrogen-bond donors (Lipinski definition) is 2. The lowest BCUT2D eigenvalue weighted by atomic mass is 10.2. The fourth-order valence-corrected chi connectivity index (χ4v) is 2.11. The first-order chi connectivity index (χ1) is 6.58. The van der Waals surface area contributed by atoms with Crippen LogP contribution in [0.15, 0.2) is 16.6 Å².